The lowest BCUT2D eigenvalue weighted by molar-refractivity contribution is -0.384. The van der Waals surface area contributed by atoms with E-state index in [-0.39, 0.29) is 36.5 Å². The summed E-state index contributed by atoms with van der Waals surface area (Å²) < 4.78 is 24.6. The molecule has 3 rings (SSSR count). The van der Waals surface area contributed by atoms with E-state index in [0.717, 1.165) is 6.07 Å². The summed E-state index contributed by atoms with van der Waals surface area (Å²) in [5.41, 5.74) is -0.793. The van der Waals surface area contributed by atoms with Gasteiger partial charge in [-0.1, -0.05) is 30.3 Å². The Morgan fingerprint density at radius 1 is 1.06 bits per heavy atom. The number of nitrogens with one attached hydrogen (secondary N) is 3. The summed E-state index contributed by atoms with van der Waals surface area (Å²) in [6.07, 6.45) is 0. The van der Waals surface area contributed by atoms with Gasteiger partial charge in [-0.25, -0.2) is 0 Å². The van der Waals surface area contributed by atoms with Crippen LogP contribution in [-0.4, -0.2) is 28.1 Å². The number of aromatic nitrogens is 2. The minimum Gasteiger partial charge on any atom is -0.316 e. The summed E-state index contributed by atoms with van der Waals surface area (Å²) in [5.74, 6) is -0.882. The lowest BCUT2D eigenvalue weighted by atomic mass is 10.1. The second-order valence-corrected chi connectivity index (χ2v) is 8.87. The number of non-ortho nitro benzene ring substituents is 1. The highest BCUT2D eigenvalue weighted by molar-refractivity contribution is 7.54. The van der Waals surface area contributed by atoms with Gasteiger partial charge in [-0.3, -0.25) is 29.6 Å². The molecule has 3 N–H and O–H groups in total. The van der Waals surface area contributed by atoms with Crippen LogP contribution in [0.4, 0.5) is 5.69 Å². The van der Waals surface area contributed by atoms with E-state index < -0.39 is 29.4 Å². The van der Waals surface area contributed by atoms with E-state index in [1.165, 1.54) is 6.07 Å². The van der Waals surface area contributed by atoms with Crippen LogP contribution in [0.5, 0.6) is 0 Å². The number of H-pyrrole nitrogens is 2. The number of rotatable bonds is 10. The van der Waals surface area contributed by atoms with Crippen molar-refractivity contribution in [2.24, 2.45) is 0 Å². The van der Waals surface area contributed by atoms with Crippen LogP contribution in [0.15, 0.2) is 52.1 Å². The number of nitro benzene ring substituents is 1. The Morgan fingerprint density at radius 2 is 1.69 bits per heavy atom. The number of fused-ring (bicyclic) bond motifs is 1. The summed E-state index contributed by atoms with van der Waals surface area (Å²) in [7, 11) is -3.67. The molecule has 0 fully saturated rings. The molecule has 0 radical (unpaired) electrons. The molecule has 170 valence electrons. The fraction of sp³-hybridized carbons (Fsp3) is 0.300. The van der Waals surface area contributed by atoms with Crippen molar-refractivity contribution in [3.05, 3.63) is 84.4 Å². The van der Waals surface area contributed by atoms with Crippen molar-refractivity contribution in [1.29, 1.82) is 0 Å². The van der Waals surface area contributed by atoms with Crippen molar-refractivity contribution in [3.63, 3.8) is 0 Å². The lowest BCUT2D eigenvalue weighted by Crippen LogP contribution is -2.30. The molecule has 0 saturated carbocycles. The molecule has 1 heterocycles. The summed E-state index contributed by atoms with van der Waals surface area (Å²) in [6.45, 7) is 3.66. The smallest absolute Gasteiger partial charge is 0.316 e. The minimum atomic E-state index is -3.67. The highest BCUT2D eigenvalue weighted by Gasteiger charge is 2.36. The molecule has 0 aliphatic heterocycles. The maximum atomic E-state index is 13.6. The molecule has 0 bridgehead atoms. The summed E-state index contributed by atoms with van der Waals surface area (Å²) in [6, 6.07) is 11.3. The van der Waals surface area contributed by atoms with Gasteiger partial charge in [-0.05, 0) is 25.0 Å². The summed E-state index contributed by atoms with van der Waals surface area (Å²) >= 11 is 0. The van der Waals surface area contributed by atoms with E-state index in [0.29, 0.717) is 11.1 Å². The van der Waals surface area contributed by atoms with Crippen LogP contribution in [0, 0.1) is 10.1 Å². The van der Waals surface area contributed by atoms with E-state index in [9.17, 15) is 24.3 Å². The Labute approximate surface area is 182 Å². The lowest BCUT2D eigenvalue weighted by Gasteiger charge is -2.27. The van der Waals surface area contributed by atoms with E-state index in [2.05, 4.69) is 15.3 Å². The maximum Gasteiger partial charge on any atom is 0.351 e. The van der Waals surface area contributed by atoms with Crippen LogP contribution in [0.2, 0.25) is 0 Å². The highest BCUT2D eigenvalue weighted by atomic mass is 31.2. The van der Waals surface area contributed by atoms with Crippen molar-refractivity contribution >= 4 is 24.3 Å². The van der Waals surface area contributed by atoms with Crippen molar-refractivity contribution in [3.8, 4) is 0 Å². The quantitative estimate of drug-likeness (QED) is 0.179. The van der Waals surface area contributed by atoms with Gasteiger partial charge in [0, 0.05) is 18.7 Å². The molecule has 12 heteroatoms. The largest absolute Gasteiger partial charge is 0.351 e. The minimum absolute atomic E-state index is 0.0378. The van der Waals surface area contributed by atoms with Gasteiger partial charge in [0.1, 0.15) is 5.78 Å². The zero-order valence-electron chi connectivity index (χ0n) is 17.5. The zero-order chi connectivity index (χ0) is 23.3. The third-order valence-corrected chi connectivity index (χ3v) is 6.99. The van der Waals surface area contributed by atoms with Gasteiger partial charge < -0.3 is 19.0 Å². The topological polar surface area (TPSA) is 156 Å². The molecular formula is C20H23N4O7P. The first-order valence-electron chi connectivity index (χ1n) is 9.89. The van der Waals surface area contributed by atoms with Gasteiger partial charge in [0.15, 0.2) is 0 Å². The Kier molecular flexibility index (Phi) is 7.37. The first-order chi connectivity index (χ1) is 15.3. The van der Waals surface area contributed by atoms with Crippen molar-refractivity contribution < 1.29 is 18.5 Å². The predicted molar refractivity (Wildman–Crippen MR) is 119 cm³/mol. The normalized spacial score (nSPS) is 12.7. The SMILES string of the molecule is CCOP(=O)(OCC)C(NCc1cc([N+](=O)[O-])cc2[nH]c(=O)c(=O)[nH]c12)c1ccccc1. The molecule has 0 spiro atoms. The number of nitrogens with zero attached hydrogens (tertiary/aromatic N) is 1. The highest BCUT2D eigenvalue weighted by Crippen LogP contribution is 2.59. The van der Waals surface area contributed by atoms with Crippen LogP contribution < -0.4 is 16.4 Å². The number of aromatic amines is 2. The summed E-state index contributed by atoms with van der Waals surface area (Å²) in [4.78, 5) is 39.1. The van der Waals surface area contributed by atoms with E-state index in [1.807, 2.05) is 6.07 Å². The zero-order valence-corrected chi connectivity index (χ0v) is 18.4. The van der Waals surface area contributed by atoms with E-state index >= 15 is 0 Å². The van der Waals surface area contributed by atoms with E-state index in [1.54, 1.807) is 38.1 Å². The standard InChI is InChI=1S/C20H23N4O7P/c1-3-30-32(29,31-4-2)20(13-8-6-5-7-9-13)21-12-14-10-15(24(27)28)11-16-17(14)23-19(26)18(25)22-16/h5-11,20-21H,3-4,12H2,1-2H3,(H,22,25)(H,23,26). The molecule has 2 aromatic carbocycles. The molecule has 11 nitrogen and oxygen atoms in total. The number of nitro groups is 1. The molecule has 3 aromatic rings. The van der Waals surface area contributed by atoms with E-state index in [4.69, 9.17) is 9.05 Å². The number of benzene rings is 2. The number of hydrogen-bond donors (Lipinski definition) is 3. The molecule has 0 saturated heterocycles. The van der Waals surface area contributed by atoms with Crippen molar-refractivity contribution in [2.45, 2.75) is 26.2 Å². The van der Waals surface area contributed by atoms with Crippen molar-refractivity contribution in [1.82, 2.24) is 15.3 Å². The van der Waals surface area contributed by atoms with Crippen LogP contribution in [-0.2, 0) is 20.2 Å². The van der Waals surface area contributed by atoms with Gasteiger partial charge in [-0.15, -0.1) is 0 Å². The Hall–Kier alpha value is -3.11. The fourth-order valence-corrected chi connectivity index (χ4v) is 5.27. The fourth-order valence-electron chi connectivity index (χ4n) is 3.33. The predicted octanol–water partition coefficient (Wildman–Crippen LogP) is 3.18. The molecular weight excluding hydrogens is 439 g/mol. The second kappa shape index (κ2) is 10.0. The van der Waals surface area contributed by atoms with Crippen LogP contribution in [0.25, 0.3) is 11.0 Å². The molecule has 0 amide bonds. The second-order valence-electron chi connectivity index (χ2n) is 6.76. The molecule has 1 aromatic heterocycles. The Morgan fingerprint density at radius 3 is 2.28 bits per heavy atom. The third-order valence-electron chi connectivity index (χ3n) is 4.64. The van der Waals surface area contributed by atoms with Crippen LogP contribution in [0.1, 0.15) is 30.8 Å². The maximum absolute atomic E-state index is 13.6. The van der Waals surface area contributed by atoms with Crippen LogP contribution in [0.3, 0.4) is 0 Å². The van der Waals surface area contributed by atoms with Gasteiger partial charge in [0.25, 0.3) is 5.69 Å². The average Bonchev–Trinajstić information content (AvgIpc) is 2.75. The Bertz CT molecular complexity index is 1260. The van der Waals surface area contributed by atoms with Crippen molar-refractivity contribution in [2.75, 3.05) is 13.2 Å². The Balaban J connectivity index is 2.08. The van der Waals surface area contributed by atoms with Crippen LogP contribution >= 0.6 is 7.60 Å². The molecule has 1 atom stereocenters. The van der Waals surface area contributed by atoms with Gasteiger partial charge >= 0.3 is 18.7 Å². The summed E-state index contributed by atoms with van der Waals surface area (Å²) in [5, 5.41) is 14.5. The molecule has 1 unspecified atom stereocenters. The van der Waals surface area contributed by atoms with Gasteiger partial charge in [0.05, 0.1) is 29.2 Å². The molecule has 32 heavy (non-hydrogen) atoms. The first kappa shape index (κ1) is 23.6. The molecule has 0 aliphatic carbocycles. The average molecular weight is 462 g/mol. The monoisotopic (exact) mass is 462 g/mol. The molecule has 0 aliphatic rings. The van der Waals surface area contributed by atoms with Gasteiger partial charge in [-0.2, -0.15) is 0 Å². The number of hydrogen-bond acceptors (Lipinski definition) is 8. The third kappa shape index (κ3) is 5.03. The van der Waals surface area contributed by atoms with Gasteiger partial charge in [0.2, 0.25) is 0 Å². The first-order valence-corrected chi connectivity index (χ1v) is 11.5.